The molecule has 0 unspecified atom stereocenters. The highest BCUT2D eigenvalue weighted by molar-refractivity contribution is 7.09. The molecular weight excluding hydrogens is 212 g/mol. The molecule has 1 amide bonds. The van der Waals surface area contributed by atoms with Crippen LogP contribution in [-0.4, -0.2) is 21.1 Å². The number of amides is 1. The predicted octanol–water partition coefficient (Wildman–Crippen LogP) is 1.10. The number of nitrogens with zero attached hydrogens (tertiary/aromatic N) is 2. The van der Waals surface area contributed by atoms with Gasteiger partial charge in [-0.2, -0.15) is 5.10 Å². The third-order valence-electron chi connectivity index (χ3n) is 1.81. The van der Waals surface area contributed by atoms with Crippen molar-refractivity contribution >= 4 is 17.2 Å². The molecule has 0 fully saturated rings. The highest BCUT2D eigenvalue weighted by atomic mass is 32.1. The van der Waals surface area contributed by atoms with Crippen molar-refractivity contribution in [1.82, 2.24) is 20.5 Å². The van der Waals surface area contributed by atoms with Crippen LogP contribution < -0.4 is 5.32 Å². The normalized spacial score (nSPS) is 10.2. The molecular formula is C9H10N4OS. The number of thiazole rings is 1. The minimum absolute atomic E-state index is 0.166. The molecule has 0 saturated heterocycles. The van der Waals surface area contributed by atoms with Crippen molar-refractivity contribution in [2.24, 2.45) is 0 Å². The van der Waals surface area contributed by atoms with E-state index in [-0.39, 0.29) is 5.91 Å². The van der Waals surface area contributed by atoms with Gasteiger partial charge in [-0.05, 0) is 13.0 Å². The minimum atomic E-state index is -0.166. The first kappa shape index (κ1) is 9.85. The molecule has 15 heavy (non-hydrogen) atoms. The van der Waals surface area contributed by atoms with Gasteiger partial charge in [0.25, 0.3) is 5.91 Å². The first-order valence-electron chi connectivity index (χ1n) is 4.44. The van der Waals surface area contributed by atoms with Crippen LogP contribution in [0.15, 0.2) is 17.6 Å². The highest BCUT2D eigenvalue weighted by Crippen LogP contribution is 2.07. The Morgan fingerprint density at radius 2 is 2.53 bits per heavy atom. The summed E-state index contributed by atoms with van der Waals surface area (Å²) in [5.74, 6) is -0.166. The van der Waals surface area contributed by atoms with E-state index in [1.165, 1.54) is 11.3 Å². The smallest absolute Gasteiger partial charge is 0.269 e. The Morgan fingerprint density at radius 3 is 3.13 bits per heavy atom. The first-order chi connectivity index (χ1) is 7.25. The summed E-state index contributed by atoms with van der Waals surface area (Å²) in [6.45, 7) is 2.38. The van der Waals surface area contributed by atoms with Crippen molar-refractivity contribution in [2.45, 2.75) is 13.5 Å². The van der Waals surface area contributed by atoms with E-state index in [2.05, 4.69) is 20.5 Å². The van der Waals surface area contributed by atoms with Gasteiger partial charge in [-0.1, -0.05) is 0 Å². The Hall–Kier alpha value is -1.69. The molecule has 0 atom stereocenters. The highest BCUT2D eigenvalue weighted by Gasteiger charge is 2.06. The molecule has 0 aliphatic carbocycles. The lowest BCUT2D eigenvalue weighted by Crippen LogP contribution is -2.23. The number of aromatic nitrogens is 3. The van der Waals surface area contributed by atoms with Crippen LogP contribution in [0.1, 0.15) is 21.2 Å². The summed E-state index contributed by atoms with van der Waals surface area (Å²) in [7, 11) is 0. The average Bonchev–Trinajstić information content (AvgIpc) is 2.84. The van der Waals surface area contributed by atoms with Gasteiger partial charge in [-0.25, -0.2) is 4.98 Å². The molecule has 2 N–H and O–H groups in total. The maximum Gasteiger partial charge on any atom is 0.269 e. The molecule has 78 valence electrons. The van der Waals surface area contributed by atoms with Crippen molar-refractivity contribution < 1.29 is 4.79 Å². The zero-order chi connectivity index (χ0) is 10.7. The van der Waals surface area contributed by atoms with E-state index in [0.717, 1.165) is 10.7 Å². The van der Waals surface area contributed by atoms with Gasteiger partial charge in [-0.3, -0.25) is 9.89 Å². The second-order valence-electron chi connectivity index (χ2n) is 3.04. The van der Waals surface area contributed by atoms with Crippen LogP contribution in [0.25, 0.3) is 0 Å². The predicted molar refractivity (Wildman–Crippen MR) is 56.6 cm³/mol. The van der Waals surface area contributed by atoms with Crippen molar-refractivity contribution in [2.75, 3.05) is 0 Å². The minimum Gasteiger partial charge on any atom is -0.344 e. The molecule has 0 aromatic carbocycles. The summed E-state index contributed by atoms with van der Waals surface area (Å²) < 4.78 is 0. The van der Waals surface area contributed by atoms with Crippen LogP contribution in [0, 0.1) is 6.92 Å². The quantitative estimate of drug-likeness (QED) is 0.817. The summed E-state index contributed by atoms with van der Waals surface area (Å²) in [6.07, 6.45) is 1.54. The Morgan fingerprint density at radius 1 is 1.67 bits per heavy atom. The maximum atomic E-state index is 11.5. The van der Waals surface area contributed by atoms with Gasteiger partial charge in [0.1, 0.15) is 10.7 Å². The van der Waals surface area contributed by atoms with Crippen molar-refractivity contribution in [3.05, 3.63) is 34.0 Å². The van der Waals surface area contributed by atoms with Crippen molar-refractivity contribution in [3.8, 4) is 0 Å². The first-order valence-corrected chi connectivity index (χ1v) is 5.32. The Balaban J connectivity index is 1.91. The lowest BCUT2D eigenvalue weighted by Gasteiger charge is -1.99. The van der Waals surface area contributed by atoms with Gasteiger partial charge < -0.3 is 5.32 Å². The molecule has 6 heteroatoms. The summed E-state index contributed by atoms with van der Waals surface area (Å²) in [5, 5.41) is 11.9. The van der Waals surface area contributed by atoms with Gasteiger partial charge >= 0.3 is 0 Å². The summed E-state index contributed by atoms with van der Waals surface area (Å²) in [4.78, 5) is 15.7. The largest absolute Gasteiger partial charge is 0.344 e. The van der Waals surface area contributed by atoms with Crippen molar-refractivity contribution in [3.63, 3.8) is 0 Å². The van der Waals surface area contributed by atoms with E-state index in [4.69, 9.17) is 0 Å². The molecule has 5 nitrogen and oxygen atoms in total. The number of aromatic amines is 1. The maximum absolute atomic E-state index is 11.5. The molecule has 0 bridgehead atoms. The van der Waals surface area contributed by atoms with Crippen molar-refractivity contribution in [1.29, 1.82) is 0 Å². The number of aryl methyl sites for hydroxylation is 1. The van der Waals surface area contributed by atoms with Gasteiger partial charge in [0, 0.05) is 17.3 Å². The molecule has 2 aromatic rings. The molecule has 0 aliphatic rings. The topological polar surface area (TPSA) is 70.7 Å². The number of hydrogen-bond donors (Lipinski definition) is 2. The SMILES string of the molecule is Cc1csc(CNC(=O)c2ccn[nH]2)n1. The third-order valence-corrected chi connectivity index (χ3v) is 2.78. The summed E-state index contributed by atoms with van der Waals surface area (Å²) >= 11 is 1.54. The Bertz CT molecular complexity index is 448. The molecule has 0 aliphatic heterocycles. The van der Waals surface area contributed by atoms with E-state index in [1.807, 2.05) is 12.3 Å². The van der Waals surface area contributed by atoms with Crippen LogP contribution in [0.3, 0.4) is 0 Å². The van der Waals surface area contributed by atoms with Gasteiger partial charge in [-0.15, -0.1) is 11.3 Å². The molecule has 2 aromatic heterocycles. The Labute approximate surface area is 90.6 Å². The molecule has 2 heterocycles. The number of hydrogen-bond acceptors (Lipinski definition) is 4. The number of rotatable bonds is 3. The zero-order valence-corrected chi connectivity index (χ0v) is 8.97. The van der Waals surface area contributed by atoms with Crippen LogP contribution >= 0.6 is 11.3 Å². The van der Waals surface area contributed by atoms with Crippen LogP contribution in [0.2, 0.25) is 0 Å². The lowest BCUT2D eigenvalue weighted by atomic mass is 10.4. The molecule has 0 radical (unpaired) electrons. The van der Waals surface area contributed by atoms with Gasteiger partial charge in [0.05, 0.1) is 6.54 Å². The van der Waals surface area contributed by atoms with Crippen LogP contribution in [0.5, 0.6) is 0 Å². The molecule has 0 saturated carbocycles. The monoisotopic (exact) mass is 222 g/mol. The van der Waals surface area contributed by atoms with E-state index >= 15 is 0 Å². The van der Waals surface area contributed by atoms with Crippen LogP contribution in [0.4, 0.5) is 0 Å². The molecule has 0 spiro atoms. The lowest BCUT2D eigenvalue weighted by molar-refractivity contribution is 0.0946. The summed E-state index contributed by atoms with van der Waals surface area (Å²) in [6, 6.07) is 1.63. The fourth-order valence-corrected chi connectivity index (χ4v) is 1.83. The van der Waals surface area contributed by atoms with E-state index < -0.39 is 0 Å². The second-order valence-corrected chi connectivity index (χ2v) is 3.98. The number of H-pyrrole nitrogens is 1. The average molecular weight is 222 g/mol. The number of carbonyl (C=O) groups excluding carboxylic acids is 1. The van der Waals surface area contributed by atoms with E-state index in [1.54, 1.807) is 12.3 Å². The van der Waals surface area contributed by atoms with Gasteiger partial charge in [0.2, 0.25) is 0 Å². The molecule has 2 rings (SSSR count). The zero-order valence-electron chi connectivity index (χ0n) is 8.15. The fraction of sp³-hybridized carbons (Fsp3) is 0.222. The Kier molecular flexibility index (Phi) is 2.77. The third kappa shape index (κ3) is 2.41. The van der Waals surface area contributed by atoms with Crippen LogP contribution in [-0.2, 0) is 6.54 Å². The fourth-order valence-electron chi connectivity index (χ4n) is 1.12. The second kappa shape index (κ2) is 4.22. The summed E-state index contributed by atoms with van der Waals surface area (Å²) in [5.41, 5.74) is 1.44. The number of carbonyl (C=O) groups is 1. The standard InChI is InChI=1S/C9H10N4OS/c1-6-5-15-8(12-6)4-10-9(14)7-2-3-11-13-7/h2-3,5H,4H2,1H3,(H,10,14)(H,11,13). The van der Waals surface area contributed by atoms with E-state index in [0.29, 0.717) is 12.2 Å². The van der Waals surface area contributed by atoms with Gasteiger partial charge in [0.15, 0.2) is 0 Å². The number of nitrogens with one attached hydrogen (secondary N) is 2. The van der Waals surface area contributed by atoms with E-state index in [9.17, 15) is 4.79 Å².